The molecule has 2 fully saturated rings. The van der Waals surface area contributed by atoms with Gasteiger partial charge in [-0.05, 0) is 12.8 Å². The fourth-order valence-corrected chi connectivity index (χ4v) is 4.54. The molecule has 0 saturated carbocycles. The molecule has 3 rings (SSSR count). The van der Waals surface area contributed by atoms with Crippen molar-refractivity contribution in [2.45, 2.75) is 18.9 Å². The number of piperidine rings is 1. The minimum Gasteiger partial charge on any atom is -0.363 e. The lowest BCUT2D eigenvalue weighted by atomic mass is 10.0. The first-order valence-corrected chi connectivity index (χ1v) is 9.95. The van der Waals surface area contributed by atoms with Crippen LogP contribution in [0.1, 0.15) is 12.8 Å². The molecule has 2 saturated heterocycles. The van der Waals surface area contributed by atoms with E-state index in [9.17, 15) is 8.42 Å². The zero-order chi connectivity index (χ0) is 16.4. The average Bonchev–Trinajstić information content (AvgIpc) is 2.55. The SMILES string of the molecule is CN(C)c1cc(N2CCC(N3CCS(=O)(=O)CC3)CC2)ncn1. The van der Waals surface area contributed by atoms with Gasteiger partial charge in [0.1, 0.15) is 18.0 Å². The lowest BCUT2D eigenvalue weighted by Crippen LogP contribution is -2.50. The fourth-order valence-electron chi connectivity index (χ4n) is 3.31. The van der Waals surface area contributed by atoms with Gasteiger partial charge in [-0.2, -0.15) is 0 Å². The third-order valence-corrected chi connectivity index (χ3v) is 6.39. The quantitative estimate of drug-likeness (QED) is 0.781. The van der Waals surface area contributed by atoms with Crippen LogP contribution in [-0.2, 0) is 9.84 Å². The van der Waals surface area contributed by atoms with E-state index in [0.717, 1.165) is 37.6 Å². The smallest absolute Gasteiger partial charge is 0.152 e. The van der Waals surface area contributed by atoms with Crippen LogP contribution in [0.15, 0.2) is 12.4 Å². The Hall–Kier alpha value is -1.41. The van der Waals surface area contributed by atoms with Crippen LogP contribution in [0.5, 0.6) is 0 Å². The van der Waals surface area contributed by atoms with Crippen molar-refractivity contribution in [3.8, 4) is 0 Å². The van der Waals surface area contributed by atoms with E-state index in [1.54, 1.807) is 6.33 Å². The highest BCUT2D eigenvalue weighted by molar-refractivity contribution is 7.91. The molecule has 2 aliphatic heterocycles. The molecule has 0 amide bonds. The molecule has 3 heterocycles. The number of rotatable bonds is 3. The second-order valence-corrected chi connectivity index (χ2v) is 8.84. The number of anilines is 2. The topological polar surface area (TPSA) is 69.6 Å². The van der Waals surface area contributed by atoms with Crippen LogP contribution in [0.2, 0.25) is 0 Å². The largest absolute Gasteiger partial charge is 0.363 e. The van der Waals surface area contributed by atoms with Crippen molar-refractivity contribution < 1.29 is 8.42 Å². The van der Waals surface area contributed by atoms with Gasteiger partial charge in [0.2, 0.25) is 0 Å². The van der Waals surface area contributed by atoms with Gasteiger partial charge in [-0.3, -0.25) is 4.90 Å². The highest BCUT2D eigenvalue weighted by Crippen LogP contribution is 2.23. The first-order valence-electron chi connectivity index (χ1n) is 8.13. The number of aromatic nitrogens is 2. The molecule has 1 aromatic rings. The molecule has 2 aliphatic rings. The van der Waals surface area contributed by atoms with E-state index in [2.05, 4.69) is 19.8 Å². The van der Waals surface area contributed by atoms with Crippen molar-refractivity contribution in [3.63, 3.8) is 0 Å². The minimum atomic E-state index is -2.79. The summed E-state index contributed by atoms with van der Waals surface area (Å²) >= 11 is 0. The Bertz CT molecular complexity index is 627. The molecule has 128 valence electrons. The van der Waals surface area contributed by atoms with E-state index in [0.29, 0.717) is 30.6 Å². The Morgan fingerprint density at radius 3 is 2.35 bits per heavy atom. The van der Waals surface area contributed by atoms with Crippen molar-refractivity contribution >= 4 is 21.5 Å². The van der Waals surface area contributed by atoms with Crippen LogP contribution in [0.3, 0.4) is 0 Å². The number of sulfone groups is 1. The third-order valence-electron chi connectivity index (χ3n) is 4.78. The minimum absolute atomic E-state index is 0.311. The van der Waals surface area contributed by atoms with Crippen LogP contribution >= 0.6 is 0 Å². The van der Waals surface area contributed by atoms with Crippen molar-refractivity contribution in [2.24, 2.45) is 0 Å². The molecule has 23 heavy (non-hydrogen) atoms. The van der Waals surface area contributed by atoms with Gasteiger partial charge < -0.3 is 9.80 Å². The van der Waals surface area contributed by atoms with Crippen molar-refractivity contribution in [1.82, 2.24) is 14.9 Å². The van der Waals surface area contributed by atoms with Crippen molar-refractivity contribution in [1.29, 1.82) is 0 Å². The van der Waals surface area contributed by atoms with E-state index in [4.69, 9.17) is 0 Å². The van der Waals surface area contributed by atoms with Gasteiger partial charge in [0.25, 0.3) is 0 Å². The number of hydrogen-bond donors (Lipinski definition) is 0. The Balaban J connectivity index is 1.57. The first kappa shape index (κ1) is 16.4. The molecule has 0 radical (unpaired) electrons. The van der Waals surface area contributed by atoms with E-state index < -0.39 is 9.84 Å². The summed E-state index contributed by atoms with van der Waals surface area (Å²) < 4.78 is 23.1. The summed E-state index contributed by atoms with van der Waals surface area (Å²) in [4.78, 5) is 15.3. The highest BCUT2D eigenvalue weighted by Gasteiger charge is 2.30. The lowest BCUT2D eigenvalue weighted by Gasteiger charge is -2.40. The van der Waals surface area contributed by atoms with Crippen LogP contribution < -0.4 is 9.80 Å². The highest BCUT2D eigenvalue weighted by atomic mass is 32.2. The monoisotopic (exact) mass is 339 g/mol. The molecular weight excluding hydrogens is 314 g/mol. The summed E-state index contributed by atoms with van der Waals surface area (Å²) in [5, 5.41) is 0. The lowest BCUT2D eigenvalue weighted by molar-refractivity contribution is 0.182. The normalized spacial score (nSPS) is 23.0. The zero-order valence-corrected chi connectivity index (χ0v) is 14.7. The maximum absolute atomic E-state index is 11.5. The second-order valence-electron chi connectivity index (χ2n) is 6.53. The van der Waals surface area contributed by atoms with Gasteiger partial charge in [0.05, 0.1) is 11.5 Å². The van der Waals surface area contributed by atoms with E-state index in [-0.39, 0.29) is 0 Å². The van der Waals surface area contributed by atoms with Crippen molar-refractivity contribution in [3.05, 3.63) is 12.4 Å². The molecule has 0 aliphatic carbocycles. The van der Waals surface area contributed by atoms with E-state index >= 15 is 0 Å². The Kier molecular flexibility index (Phi) is 4.72. The van der Waals surface area contributed by atoms with Gasteiger partial charge in [-0.25, -0.2) is 18.4 Å². The van der Waals surface area contributed by atoms with Gasteiger partial charge in [0, 0.05) is 52.4 Å². The van der Waals surface area contributed by atoms with Crippen LogP contribution in [0, 0.1) is 0 Å². The Morgan fingerprint density at radius 1 is 1.09 bits per heavy atom. The summed E-state index contributed by atoms with van der Waals surface area (Å²) in [5.74, 6) is 2.51. The van der Waals surface area contributed by atoms with E-state index in [1.165, 1.54) is 0 Å². The number of nitrogens with zero attached hydrogens (tertiary/aromatic N) is 5. The van der Waals surface area contributed by atoms with Gasteiger partial charge in [0.15, 0.2) is 9.84 Å². The van der Waals surface area contributed by atoms with Gasteiger partial charge in [-0.1, -0.05) is 0 Å². The molecule has 7 nitrogen and oxygen atoms in total. The maximum Gasteiger partial charge on any atom is 0.152 e. The molecule has 1 aromatic heterocycles. The summed E-state index contributed by atoms with van der Waals surface area (Å²) in [7, 11) is 1.16. The predicted octanol–water partition coefficient (Wildman–Crippen LogP) is 0.242. The molecule has 0 spiro atoms. The third kappa shape index (κ3) is 3.92. The Morgan fingerprint density at radius 2 is 1.74 bits per heavy atom. The fraction of sp³-hybridized carbons (Fsp3) is 0.733. The van der Waals surface area contributed by atoms with Crippen LogP contribution in [0.4, 0.5) is 11.6 Å². The predicted molar refractivity (Wildman–Crippen MR) is 91.8 cm³/mol. The number of hydrogen-bond acceptors (Lipinski definition) is 7. The van der Waals surface area contributed by atoms with E-state index in [1.807, 2.05) is 25.1 Å². The van der Waals surface area contributed by atoms with Crippen LogP contribution in [-0.4, -0.2) is 81.1 Å². The second kappa shape index (κ2) is 6.60. The molecule has 0 atom stereocenters. The molecule has 0 aromatic carbocycles. The molecule has 8 heteroatoms. The zero-order valence-electron chi connectivity index (χ0n) is 13.8. The summed E-state index contributed by atoms with van der Waals surface area (Å²) in [6, 6.07) is 2.52. The summed E-state index contributed by atoms with van der Waals surface area (Å²) in [6.45, 7) is 3.28. The standard InChI is InChI=1S/C15H25N5O2S/c1-18(2)14-11-15(17-12-16-14)20-5-3-13(4-6-20)19-7-9-23(21,22)10-8-19/h11-13H,3-10H2,1-2H3. The van der Waals surface area contributed by atoms with Gasteiger partial charge in [-0.15, -0.1) is 0 Å². The first-order chi connectivity index (χ1) is 10.9. The van der Waals surface area contributed by atoms with Crippen LogP contribution in [0.25, 0.3) is 0 Å². The average molecular weight is 339 g/mol. The van der Waals surface area contributed by atoms with Crippen molar-refractivity contribution in [2.75, 3.05) is 61.6 Å². The maximum atomic E-state index is 11.5. The molecular formula is C15H25N5O2S. The Labute approximate surface area is 138 Å². The summed E-state index contributed by atoms with van der Waals surface area (Å²) in [6.07, 6.45) is 3.73. The van der Waals surface area contributed by atoms with Gasteiger partial charge >= 0.3 is 0 Å². The summed E-state index contributed by atoms with van der Waals surface area (Å²) in [5.41, 5.74) is 0. The molecule has 0 N–H and O–H groups in total. The molecule has 0 bridgehead atoms. The molecule has 0 unspecified atom stereocenters.